The molecule has 1 aromatic heterocycles. The molecule has 1 atom stereocenters. The average molecular weight is 284 g/mol. The van der Waals surface area contributed by atoms with Crippen LogP contribution in [0, 0.1) is 12.7 Å². The highest BCUT2D eigenvalue weighted by Crippen LogP contribution is 2.32. The van der Waals surface area contributed by atoms with Gasteiger partial charge in [0.05, 0.1) is 17.3 Å². The number of alkyl halides is 3. The van der Waals surface area contributed by atoms with Gasteiger partial charge >= 0.3 is 6.18 Å². The molecular weight excluding hydrogens is 272 g/mol. The Hall–Kier alpha value is -1.95. The number of aromatic nitrogens is 1. The zero-order chi connectivity index (χ0) is 14.9. The summed E-state index contributed by atoms with van der Waals surface area (Å²) < 4.78 is 51.9. The van der Waals surface area contributed by atoms with Crippen LogP contribution in [0.25, 0.3) is 0 Å². The Morgan fingerprint density at radius 3 is 2.50 bits per heavy atom. The van der Waals surface area contributed by atoms with Gasteiger partial charge in [-0.15, -0.1) is 0 Å². The number of hydrogen-bond acceptors (Lipinski definition) is 2. The number of nitrogens with two attached hydrogens (primary N) is 1. The van der Waals surface area contributed by atoms with Crippen LogP contribution in [-0.4, -0.2) is 4.98 Å². The van der Waals surface area contributed by atoms with E-state index >= 15 is 0 Å². The molecule has 0 amide bonds. The van der Waals surface area contributed by atoms with E-state index in [1.54, 1.807) is 0 Å². The molecule has 0 saturated carbocycles. The molecule has 0 radical (unpaired) electrons. The number of benzene rings is 1. The summed E-state index contributed by atoms with van der Waals surface area (Å²) in [5.41, 5.74) is 5.52. The summed E-state index contributed by atoms with van der Waals surface area (Å²) in [6.45, 7) is 1.53. The molecule has 0 saturated heterocycles. The molecule has 1 unspecified atom stereocenters. The molecule has 2 N–H and O–H groups in total. The number of pyridine rings is 1. The van der Waals surface area contributed by atoms with E-state index in [0.717, 1.165) is 12.1 Å². The van der Waals surface area contributed by atoms with Gasteiger partial charge in [-0.1, -0.05) is 11.6 Å². The Morgan fingerprint density at radius 1 is 1.20 bits per heavy atom. The molecule has 6 heteroatoms. The lowest BCUT2D eigenvalue weighted by Crippen LogP contribution is -2.17. The van der Waals surface area contributed by atoms with Crippen molar-refractivity contribution in [2.45, 2.75) is 19.1 Å². The van der Waals surface area contributed by atoms with E-state index < -0.39 is 23.6 Å². The lowest BCUT2D eigenvalue weighted by Gasteiger charge is -2.16. The maximum Gasteiger partial charge on any atom is 0.416 e. The highest BCUT2D eigenvalue weighted by Gasteiger charge is 2.31. The number of halogens is 4. The summed E-state index contributed by atoms with van der Waals surface area (Å²) in [6.07, 6.45) is -3.12. The predicted molar refractivity (Wildman–Crippen MR) is 66.4 cm³/mol. The molecule has 2 rings (SSSR count). The van der Waals surface area contributed by atoms with Crippen molar-refractivity contribution < 1.29 is 17.6 Å². The second kappa shape index (κ2) is 5.20. The molecule has 106 valence electrons. The SMILES string of the molecule is Cc1cc(C(N)c2ncccc2F)cc(C(F)(F)F)c1. The summed E-state index contributed by atoms with van der Waals surface area (Å²) in [5, 5.41) is 0. The largest absolute Gasteiger partial charge is 0.416 e. The molecule has 0 spiro atoms. The first-order valence-electron chi connectivity index (χ1n) is 5.84. The number of rotatable bonds is 2. The Labute approximate surface area is 113 Å². The lowest BCUT2D eigenvalue weighted by atomic mass is 9.98. The van der Waals surface area contributed by atoms with Gasteiger partial charge in [0.25, 0.3) is 0 Å². The van der Waals surface area contributed by atoms with E-state index in [-0.39, 0.29) is 11.3 Å². The van der Waals surface area contributed by atoms with Crippen LogP contribution in [0.3, 0.4) is 0 Å². The predicted octanol–water partition coefficient (Wildman–Crippen LogP) is 3.60. The quantitative estimate of drug-likeness (QED) is 0.856. The molecule has 0 aliphatic heterocycles. The fourth-order valence-corrected chi connectivity index (χ4v) is 1.94. The smallest absolute Gasteiger partial charge is 0.319 e. The molecular formula is C14H12F4N2. The number of aryl methyl sites for hydroxylation is 1. The van der Waals surface area contributed by atoms with Crippen molar-refractivity contribution in [1.82, 2.24) is 4.98 Å². The van der Waals surface area contributed by atoms with Crippen LogP contribution in [0.2, 0.25) is 0 Å². The first kappa shape index (κ1) is 14.5. The third-order valence-electron chi connectivity index (χ3n) is 2.87. The maximum absolute atomic E-state index is 13.6. The third kappa shape index (κ3) is 2.96. The van der Waals surface area contributed by atoms with Crippen LogP contribution in [0.4, 0.5) is 17.6 Å². The van der Waals surface area contributed by atoms with Crippen molar-refractivity contribution in [1.29, 1.82) is 0 Å². The van der Waals surface area contributed by atoms with Gasteiger partial charge in [-0.2, -0.15) is 13.2 Å². The minimum Gasteiger partial charge on any atom is -0.319 e. The second-order valence-corrected chi connectivity index (χ2v) is 4.48. The first-order chi connectivity index (χ1) is 9.29. The van der Waals surface area contributed by atoms with E-state index in [1.165, 1.54) is 31.3 Å². The van der Waals surface area contributed by atoms with Crippen molar-refractivity contribution in [3.8, 4) is 0 Å². The van der Waals surface area contributed by atoms with Gasteiger partial charge in [-0.3, -0.25) is 4.98 Å². The monoisotopic (exact) mass is 284 g/mol. The molecule has 20 heavy (non-hydrogen) atoms. The summed E-state index contributed by atoms with van der Waals surface area (Å²) >= 11 is 0. The Bertz CT molecular complexity index is 623. The zero-order valence-corrected chi connectivity index (χ0v) is 10.6. The average Bonchev–Trinajstić information content (AvgIpc) is 2.37. The summed E-state index contributed by atoms with van der Waals surface area (Å²) in [4.78, 5) is 3.79. The van der Waals surface area contributed by atoms with Crippen LogP contribution in [0.5, 0.6) is 0 Å². The van der Waals surface area contributed by atoms with Crippen molar-refractivity contribution in [3.63, 3.8) is 0 Å². The lowest BCUT2D eigenvalue weighted by molar-refractivity contribution is -0.137. The van der Waals surface area contributed by atoms with Gasteiger partial charge < -0.3 is 5.73 Å². The van der Waals surface area contributed by atoms with Crippen molar-refractivity contribution in [2.75, 3.05) is 0 Å². The Morgan fingerprint density at radius 2 is 1.90 bits per heavy atom. The van der Waals surface area contributed by atoms with Gasteiger partial charge in [0.15, 0.2) is 0 Å². The summed E-state index contributed by atoms with van der Waals surface area (Å²) in [7, 11) is 0. The van der Waals surface area contributed by atoms with E-state index in [1.807, 2.05) is 0 Å². The fourth-order valence-electron chi connectivity index (χ4n) is 1.94. The minimum atomic E-state index is -4.47. The van der Waals surface area contributed by atoms with Gasteiger partial charge in [0, 0.05) is 6.20 Å². The van der Waals surface area contributed by atoms with Gasteiger partial charge in [0.1, 0.15) is 5.82 Å². The second-order valence-electron chi connectivity index (χ2n) is 4.48. The van der Waals surface area contributed by atoms with Crippen molar-refractivity contribution >= 4 is 0 Å². The summed E-state index contributed by atoms with van der Waals surface area (Å²) in [6, 6.07) is 4.95. The highest BCUT2D eigenvalue weighted by molar-refractivity contribution is 5.36. The van der Waals surface area contributed by atoms with Gasteiger partial charge in [-0.25, -0.2) is 4.39 Å². The van der Waals surface area contributed by atoms with Crippen LogP contribution >= 0.6 is 0 Å². The zero-order valence-electron chi connectivity index (χ0n) is 10.6. The van der Waals surface area contributed by atoms with E-state index in [0.29, 0.717) is 5.56 Å². The fraction of sp³-hybridized carbons (Fsp3) is 0.214. The topological polar surface area (TPSA) is 38.9 Å². The minimum absolute atomic E-state index is 0.0776. The normalized spacial score (nSPS) is 13.3. The summed E-state index contributed by atoms with van der Waals surface area (Å²) in [5.74, 6) is -0.643. The van der Waals surface area contributed by atoms with E-state index in [9.17, 15) is 17.6 Å². The molecule has 0 aliphatic carbocycles. The standard InChI is InChI=1S/C14H12F4N2/c1-8-5-9(7-10(6-8)14(16,17)18)12(19)13-11(15)3-2-4-20-13/h2-7,12H,19H2,1H3. The number of nitrogens with zero attached hydrogens (tertiary/aromatic N) is 1. The van der Waals surface area contributed by atoms with Gasteiger partial charge in [0.2, 0.25) is 0 Å². The molecule has 2 aromatic rings. The molecule has 0 bridgehead atoms. The van der Waals surface area contributed by atoms with Crippen LogP contribution in [0.15, 0.2) is 36.5 Å². The Balaban J connectivity index is 2.48. The van der Waals surface area contributed by atoms with Crippen LogP contribution in [-0.2, 0) is 6.18 Å². The number of hydrogen-bond donors (Lipinski definition) is 1. The van der Waals surface area contributed by atoms with E-state index in [4.69, 9.17) is 5.73 Å². The molecule has 0 aliphatic rings. The molecule has 0 fully saturated rings. The third-order valence-corrected chi connectivity index (χ3v) is 2.87. The van der Waals surface area contributed by atoms with Crippen LogP contribution in [0.1, 0.15) is 28.4 Å². The maximum atomic E-state index is 13.6. The highest BCUT2D eigenvalue weighted by atomic mass is 19.4. The van der Waals surface area contributed by atoms with Crippen molar-refractivity contribution in [3.05, 3.63) is 64.7 Å². The first-order valence-corrected chi connectivity index (χ1v) is 5.84. The molecule has 1 heterocycles. The van der Waals surface area contributed by atoms with E-state index in [2.05, 4.69) is 4.98 Å². The Kier molecular flexibility index (Phi) is 3.76. The molecule has 2 nitrogen and oxygen atoms in total. The molecule has 1 aromatic carbocycles. The van der Waals surface area contributed by atoms with Gasteiger partial charge in [-0.05, 0) is 36.8 Å². The van der Waals surface area contributed by atoms with Crippen molar-refractivity contribution in [2.24, 2.45) is 5.73 Å². The van der Waals surface area contributed by atoms with Crippen LogP contribution < -0.4 is 5.73 Å².